The van der Waals surface area contributed by atoms with E-state index in [-0.39, 0.29) is 0 Å². The molecule has 0 fully saturated rings. The fraction of sp³-hybridized carbons (Fsp3) is 0.222. The maximum absolute atomic E-state index is 3.57. The first-order valence-electron chi connectivity index (χ1n) is 7.27. The number of fused-ring (bicyclic) bond motifs is 3. The van der Waals surface area contributed by atoms with Crippen LogP contribution in [0.2, 0.25) is 0 Å². The fourth-order valence-electron chi connectivity index (χ4n) is 3.29. The summed E-state index contributed by atoms with van der Waals surface area (Å²) in [6.45, 7) is 3.10. The van der Waals surface area contributed by atoms with Gasteiger partial charge in [-0.15, -0.1) is 0 Å². The summed E-state index contributed by atoms with van der Waals surface area (Å²) in [4.78, 5) is 0. The lowest BCUT2D eigenvalue weighted by atomic mass is 9.95. The van der Waals surface area contributed by atoms with Crippen LogP contribution in [-0.2, 0) is 6.54 Å². The molecule has 0 saturated heterocycles. The SMILES string of the molecule is c1ccc(C2CNCCn3c2cc2ccccc23)cc1. The van der Waals surface area contributed by atoms with E-state index in [2.05, 4.69) is 70.5 Å². The molecule has 0 radical (unpaired) electrons. The Morgan fingerprint density at radius 3 is 2.65 bits per heavy atom. The van der Waals surface area contributed by atoms with E-state index in [0.29, 0.717) is 5.92 Å². The van der Waals surface area contributed by atoms with Crippen LogP contribution in [0.3, 0.4) is 0 Å². The van der Waals surface area contributed by atoms with Gasteiger partial charge in [-0.25, -0.2) is 0 Å². The first-order valence-corrected chi connectivity index (χ1v) is 7.27. The molecule has 2 heterocycles. The molecule has 2 aromatic carbocycles. The van der Waals surface area contributed by atoms with Crippen LogP contribution < -0.4 is 5.32 Å². The molecule has 100 valence electrons. The van der Waals surface area contributed by atoms with Gasteiger partial charge < -0.3 is 9.88 Å². The molecule has 1 aliphatic heterocycles. The molecular formula is C18H18N2. The largest absolute Gasteiger partial charge is 0.343 e. The average Bonchev–Trinajstić information content (AvgIpc) is 2.74. The van der Waals surface area contributed by atoms with E-state index in [1.165, 1.54) is 22.2 Å². The van der Waals surface area contributed by atoms with Crippen LogP contribution in [-0.4, -0.2) is 17.7 Å². The standard InChI is InChI=1S/C18H18N2/c1-2-6-14(7-3-1)16-13-19-10-11-20-17-9-5-4-8-15(17)12-18(16)20/h1-9,12,16,19H,10-11,13H2. The van der Waals surface area contributed by atoms with Crippen molar-refractivity contribution in [2.75, 3.05) is 13.1 Å². The van der Waals surface area contributed by atoms with Crippen LogP contribution in [0.4, 0.5) is 0 Å². The van der Waals surface area contributed by atoms with Crippen molar-refractivity contribution in [2.45, 2.75) is 12.5 Å². The summed E-state index contributed by atoms with van der Waals surface area (Å²) in [7, 11) is 0. The van der Waals surface area contributed by atoms with Crippen molar-refractivity contribution in [3.8, 4) is 0 Å². The Balaban J connectivity index is 1.91. The lowest BCUT2D eigenvalue weighted by Crippen LogP contribution is -2.20. The monoisotopic (exact) mass is 262 g/mol. The number of hydrogen-bond acceptors (Lipinski definition) is 1. The number of nitrogens with zero attached hydrogens (tertiary/aromatic N) is 1. The number of para-hydroxylation sites is 1. The van der Waals surface area contributed by atoms with Crippen LogP contribution in [0.25, 0.3) is 10.9 Å². The van der Waals surface area contributed by atoms with Crippen LogP contribution in [0.15, 0.2) is 60.7 Å². The molecule has 4 rings (SSSR count). The van der Waals surface area contributed by atoms with Crippen molar-refractivity contribution in [3.63, 3.8) is 0 Å². The van der Waals surface area contributed by atoms with Gasteiger partial charge in [0, 0.05) is 36.8 Å². The molecule has 1 aliphatic rings. The maximum Gasteiger partial charge on any atom is 0.0483 e. The summed E-state index contributed by atoms with van der Waals surface area (Å²) >= 11 is 0. The molecule has 0 amide bonds. The highest BCUT2D eigenvalue weighted by molar-refractivity contribution is 5.81. The Hall–Kier alpha value is -2.06. The predicted octanol–water partition coefficient (Wildman–Crippen LogP) is 3.38. The van der Waals surface area contributed by atoms with Gasteiger partial charge in [0.25, 0.3) is 0 Å². The van der Waals surface area contributed by atoms with Crippen LogP contribution in [0.5, 0.6) is 0 Å². The number of rotatable bonds is 1. The highest BCUT2D eigenvalue weighted by Gasteiger charge is 2.21. The van der Waals surface area contributed by atoms with Gasteiger partial charge in [0.1, 0.15) is 0 Å². The fourth-order valence-corrected chi connectivity index (χ4v) is 3.29. The zero-order valence-corrected chi connectivity index (χ0v) is 11.4. The Bertz CT molecular complexity index is 728. The number of aromatic nitrogens is 1. The molecule has 1 N–H and O–H groups in total. The lowest BCUT2D eigenvalue weighted by Gasteiger charge is -2.16. The van der Waals surface area contributed by atoms with Crippen molar-refractivity contribution < 1.29 is 0 Å². The molecule has 1 atom stereocenters. The first kappa shape index (κ1) is 11.7. The molecule has 1 unspecified atom stereocenters. The third-order valence-electron chi connectivity index (χ3n) is 4.26. The number of nitrogens with one attached hydrogen (secondary N) is 1. The van der Waals surface area contributed by atoms with Gasteiger partial charge in [0.2, 0.25) is 0 Å². The quantitative estimate of drug-likeness (QED) is 0.711. The second-order valence-electron chi connectivity index (χ2n) is 5.45. The Morgan fingerprint density at radius 2 is 1.75 bits per heavy atom. The van der Waals surface area contributed by atoms with Gasteiger partial charge in [-0.3, -0.25) is 0 Å². The van der Waals surface area contributed by atoms with E-state index >= 15 is 0 Å². The van der Waals surface area contributed by atoms with Crippen molar-refractivity contribution in [3.05, 3.63) is 71.9 Å². The van der Waals surface area contributed by atoms with Crippen molar-refractivity contribution in [2.24, 2.45) is 0 Å². The van der Waals surface area contributed by atoms with E-state index in [9.17, 15) is 0 Å². The van der Waals surface area contributed by atoms with Gasteiger partial charge in [-0.05, 0) is 23.1 Å². The van der Waals surface area contributed by atoms with E-state index in [1.807, 2.05) is 0 Å². The van der Waals surface area contributed by atoms with Crippen LogP contribution >= 0.6 is 0 Å². The lowest BCUT2D eigenvalue weighted by molar-refractivity contribution is 0.646. The number of hydrogen-bond donors (Lipinski definition) is 1. The Labute approximate surface area is 119 Å². The summed E-state index contributed by atoms with van der Waals surface area (Å²) in [5, 5.41) is 4.92. The Kier molecular flexibility index (Phi) is 2.82. The number of benzene rings is 2. The van der Waals surface area contributed by atoms with Crippen LogP contribution in [0, 0.1) is 0 Å². The second kappa shape index (κ2) is 4.80. The topological polar surface area (TPSA) is 17.0 Å². The van der Waals surface area contributed by atoms with Crippen LogP contribution in [0.1, 0.15) is 17.2 Å². The summed E-state index contributed by atoms with van der Waals surface area (Å²) in [6.07, 6.45) is 0. The minimum absolute atomic E-state index is 0.436. The van der Waals surface area contributed by atoms with Crippen molar-refractivity contribution >= 4 is 10.9 Å². The molecule has 3 aromatic rings. The van der Waals surface area contributed by atoms with Gasteiger partial charge >= 0.3 is 0 Å². The van der Waals surface area contributed by atoms with Gasteiger partial charge in [-0.2, -0.15) is 0 Å². The summed E-state index contributed by atoms with van der Waals surface area (Å²) in [5.74, 6) is 0.436. The third kappa shape index (κ3) is 1.84. The zero-order chi connectivity index (χ0) is 13.4. The van der Waals surface area contributed by atoms with E-state index in [0.717, 1.165) is 19.6 Å². The molecule has 2 heteroatoms. The zero-order valence-electron chi connectivity index (χ0n) is 11.4. The normalized spacial score (nSPS) is 18.7. The molecule has 1 aromatic heterocycles. The minimum Gasteiger partial charge on any atom is -0.343 e. The summed E-state index contributed by atoms with van der Waals surface area (Å²) < 4.78 is 2.48. The van der Waals surface area contributed by atoms with Crippen molar-refractivity contribution in [1.29, 1.82) is 0 Å². The highest BCUT2D eigenvalue weighted by Crippen LogP contribution is 2.31. The van der Waals surface area contributed by atoms with Gasteiger partial charge in [0.05, 0.1) is 0 Å². The highest BCUT2D eigenvalue weighted by atomic mass is 15.0. The molecular weight excluding hydrogens is 244 g/mol. The first-order chi connectivity index (χ1) is 9.93. The smallest absolute Gasteiger partial charge is 0.0483 e. The second-order valence-corrected chi connectivity index (χ2v) is 5.45. The molecule has 0 saturated carbocycles. The van der Waals surface area contributed by atoms with Gasteiger partial charge in [-0.1, -0.05) is 48.5 Å². The third-order valence-corrected chi connectivity index (χ3v) is 4.26. The molecule has 2 nitrogen and oxygen atoms in total. The van der Waals surface area contributed by atoms with Crippen molar-refractivity contribution in [1.82, 2.24) is 9.88 Å². The molecule has 20 heavy (non-hydrogen) atoms. The van der Waals surface area contributed by atoms with E-state index in [1.54, 1.807) is 0 Å². The van der Waals surface area contributed by atoms with E-state index in [4.69, 9.17) is 0 Å². The molecule has 0 bridgehead atoms. The molecule has 0 aliphatic carbocycles. The van der Waals surface area contributed by atoms with Gasteiger partial charge in [0.15, 0.2) is 0 Å². The average molecular weight is 262 g/mol. The summed E-state index contributed by atoms with van der Waals surface area (Å²) in [6, 6.07) is 21.9. The van der Waals surface area contributed by atoms with E-state index < -0.39 is 0 Å². The predicted molar refractivity (Wildman–Crippen MR) is 83.1 cm³/mol. The Morgan fingerprint density at radius 1 is 0.950 bits per heavy atom. The molecule has 0 spiro atoms. The summed E-state index contributed by atoms with van der Waals surface area (Å²) in [5.41, 5.74) is 4.18. The minimum atomic E-state index is 0.436. The maximum atomic E-state index is 3.57.